The van der Waals surface area contributed by atoms with Gasteiger partial charge in [-0.3, -0.25) is 0 Å². The Hall–Kier alpha value is -1.55. The molecular weight excluding hydrogens is 256 g/mol. The first-order valence-corrected chi connectivity index (χ1v) is 6.87. The minimum absolute atomic E-state index is 0.296. The van der Waals surface area contributed by atoms with Crippen LogP contribution in [0, 0.1) is 0 Å². The number of benzene rings is 1. The summed E-state index contributed by atoms with van der Waals surface area (Å²) in [7, 11) is 1.63. The summed E-state index contributed by atoms with van der Waals surface area (Å²) in [6.45, 7) is 7.57. The molecule has 1 aliphatic rings. The van der Waals surface area contributed by atoms with E-state index in [2.05, 4.69) is 0 Å². The summed E-state index contributed by atoms with van der Waals surface area (Å²) in [4.78, 5) is 12.1. The first kappa shape index (κ1) is 14.9. The van der Waals surface area contributed by atoms with Gasteiger partial charge in [-0.25, -0.2) is 4.79 Å². The number of carbonyl (C=O) groups is 1. The van der Waals surface area contributed by atoms with Crippen molar-refractivity contribution in [3.8, 4) is 5.75 Å². The third-order valence-corrected chi connectivity index (χ3v) is 3.42. The predicted octanol–water partition coefficient (Wildman–Crippen LogP) is 3.04. The monoisotopic (exact) mass is 278 g/mol. The van der Waals surface area contributed by atoms with E-state index in [1.54, 1.807) is 7.11 Å². The second-order valence-corrected chi connectivity index (χ2v) is 6.00. The van der Waals surface area contributed by atoms with E-state index in [4.69, 9.17) is 14.2 Å². The molecule has 1 saturated heterocycles. The van der Waals surface area contributed by atoms with E-state index in [1.165, 1.54) is 0 Å². The summed E-state index contributed by atoms with van der Waals surface area (Å²) in [6.07, 6.45) is 0.212. The van der Waals surface area contributed by atoms with Gasteiger partial charge >= 0.3 is 5.97 Å². The molecule has 0 N–H and O–H groups in total. The third-order valence-electron chi connectivity index (χ3n) is 3.42. The second kappa shape index (κ2) is 5.09. The minimum atomic E-state index is -0.547. The van der Waals surface area contributed by atoms with Gasteiger partial charge in [0.05, 0.1) is 7.11 Å². The van der Waals surface area contributed by atoms with E-state index in [1.807, 2.05) is 52.0 Å². The van der Waals surface area contributed by atoms with Gasteiger partial charge in [-0.2, -0.15) is 0 Å². The Kier molecular flexibility index (Phi) is 3.78. The zero-order valence-electron chi connectivity index (χ0n) is 12.7. The maximum Gasteiger partial charge on any atom is 0.339 e. The second-order valence-electron chi connectivity index (χ2n) is 6.00. The molecule has 0 spiro atoms. The lowest BCUT2D eigenvalue weighted by Crippen LogP contribution is -2.29. The maximum atomic E-state index is 12.1. The Balaban J connectivity index is 2.15. The van der Waals surface area contributed by atoms with E-state index in [0.717, 1.165) is 17.7 Å². The molecule has 0 aliphatic carbocycles. The average molecular weight is 278 g/mol. The lowest BCUT2D eigenvalue weighted by Gasteiger charge is -2.19. The first-order valence-electron chi connectivity index (χ1n) is 6.87. The molecule has 0 amide bonds. The fourth-order valence-electron chi connectivity index (χ4n) is 2.34. The summed E-state index contributed by atoms with van der Waals surface area (Å²) in [5.41, 5.74) is -0.0616. The van der Waals surface area contributed by atoms with E-state index in [9.17, 15) is 4.79 Å². The number of rotatable bonds is 4. The van der Waals surface area contributed by atoms with Gasteiger partial charge in [-0.1, -0.05) is 19.1 Å². The molecule has 2 rings (SSSR count). The number of ether oxygens (including phenoxy) is 3. The molecule has 0 bridgehead atoms. The van der Waals surface area contributed by atoms with Crippen molar-refractivity contribution in [3.63, 3.8) is 0 Å². The molecule has 1 aliphatic heterocycles. The maximum absolute atomic E-state index is 12.1. The Morgan fingerprint density at radius 2 is 1.90 bits per heavy atom. The van der Waals surface area contributed by atoms with Crippen LogP contribution in [0.25, 0.3) is 0 Å². The Morgan fingerprint density at radius 3 is 2.35 bits per heavy atom. The quantitative estimate of drug-likeness (QED) is 0.627. The van der Waals surface area contributed by atoms with E-state index in [-0.39, 0.29) is 5.97 Å². The first-order chi connectivity index (χ1) is 9.32. The molecule has 2 unspecified atom stereocenters. The van der Waals surface area contributed by atoms with Gasteiger partial charge in [0.1, 0.15) is 17.0 Å². The van der Waals surface area contributed by atoms with Crippen molar-refractivity contribution in [2.24, 2.45) is 0 Å². The molecule has 2 atom stereocenters. The van der Waals surface area contributed by atoms with Crippen molar-refractivity contribution in [2.75, 3.05) is 7.11 Å². The van der Waals surface area contributed by atoms with Crippen LogP contribution in [0.1, 0.15) is 39.7 Å². The van der Waals surface area contributed by atoms with Crippen LogP contribution in [0.5, 0.6) is 5.75 Å². The lowest BCUT2D eigenvalue weighted by molar-refractivity contribution is -0.156. The highest BCUT2D eigenvalue weighted by Gasteiger charge is 2.61. The molecule has 0 aromatic heterocycles. The average Bonchev–Trinajstić information content (AvgIpc) is 3.13. The molecule has 1 heterocycles. The van der Waals surface area contributed by atoms with Crippen LogP contribution in [-0.4, -0.2) is 24.8 Å². The number of hydrogen-bond donors (Lipinski definition) is 0. The van der Waals surface area contributed by atoms with Crippen LogP contribution < -0.4 is 4.74 Å². The summed E-state index contributed by atoms with van der Waals surface area (Å²) in [6, 6.07) is 7.63. The number of carbonyl (C=O) groups excluding carboxylic acids is 1. The third kappa shape index (κ3) is 2.80. The number of esters is 1. The molecule has 1 fully saturated rings. The molecular formula is C16H22O4. The van der Waals surface area contributed by atoms with Crippen LogP contribution in [0.15, 0.2) is 24.3 Å². The van der Waals surface area contributed by atoms with Crippen molar-refractivity contribution < 1.29 is 19.0 Å². The van der Waals surface area contributed by atoms with Gasteiger partial charge in [0.25, 0.3) is 0 Å². The topological polar surface area (TPSA) is 48.1 Å². The van der Waals surface area contributed by atoms with Crippen LogP contribution in [0.2, 0.25) is 0 Å². The van der Waals surface area contributed by atoms with Crippen molar-refractivity contribution >= 4 is 5.97 Å². The standard InChI is InChI=1S/C16H22O4/c1-6-16(11-7-9-12(18-5)10-8-11)13(19-16)14(17)20-15(2,3)4/h7-10,13H,6H2,1-5H3. The summed E-state index contributed by atoms with van der Waals surface area (Å²) in [5, 5.41) is 0. The van der Waals surface area contributed by atoms with Crippen molar-refractivity contribution in [1.82, 2.24) is 0 Å². The molecule has 4 nitrogen and oxygen atoms in total. The minimum Gasteiger partial charge on any atom is -0.497 e. The number of epoxide rings is 1. The van der Waals surface area contributed by atoms with Crippen molar-refractivity contribution in [3.05, 3.63) is 29.8 Å². The largest absolute Gasteiger partial charge is 0.497 e. The molecule has 0 radical (unpaired) electrons. The summed E-state index contributed by atoms with van der Waals surface area (Å²) in [5.74, 6) is 0.490. The molecule has 4 heteroatoms. The van der Waals surface area contributed by atoms with Gasteiger partial charge in [0.15, 0.2) is 6.10 Å². The van der Waals surface area contributed by atoms with Crippen LogP contribution in [0.4, 0.5) is 0 Å². The highest BCUT2D eigenvalue weighted by molar-refractivity contribution is 5.80. The smallest absolute Gasteiger partial charge is 0.339 e. The molecule has 110 valence electrons. The highest BCUT2D eigenvalue weighted by Crippen LogP contribution is 2.50. The highest BCUT2D eigenvalue weighted by atomic mass is 16.7. The van der Waals surface area contributed by atoms with Gasteiger partial charge in [0, 0.05) is 0 Å². The molecule has 20 heavy (non-hydrogen) atoms. The fraction of sp³-hybridized carbons (Fsp3) is 0.562. The number of hydrogen-bond acceptors (Lipinski definition) is 4. The van der Waals surface area contributed by atoms with Crippen molar-refractivity contribution in [1.29, 1.82) is 0 Å². The molecule has 0 saturated carbocycles. The summed E-state index contributed by atoms with van der Waals surface area (Å²) >= 11 is 0. The van der Waals surface area contributed by atoms with Crippen LogP contribution in [-0.2, 0) is 19.9 Å². The normalized spacial score (nSPS) is 25.1. The van der Waals surface area contributed by atoms with Crippen LogP contribution >= 0.6 is 0 Å². The van der Waals surface area contributed by atoms with E-state index in [0.29, 0.717) is 0 Å². The van der Waals surface area contributed by atoms with E-state index >= 15 is 0 Å². The molecule has 1 aromatic rings. The van der Waals surface area contributed by atoms with Crippen molar-refractivity contribution in [2.45, 2.75) is 51.4 Å². The van der Waals surface area contributed by atoms with Crippen LogP contribution in [0.3, 0.4) is 0 Å². The van der Waals surface area contributed by atoms with Gasteiger partial charge in [0.2, 0.25) is 0 Å². The van der Waals surface area contributed by atoms with E-state index < -0.39 is 17.3 Å². The summed E-state index contributed by atoms with van der Waals surface area (Å²) < 4.78 is 16.2. The fourth-order valence-corrected chi connectivity index (χ4v) is 2.34. The Labute approximate surface area is 120 Å². The Morgan fingerprint density at radius 1 is 1.30 bits per heavy atom. The van der Waals surface area contributed by atoms with Gasteiger partial charge in [-0.15, -0.1) is 0 Å². The predicted molar refractivity (Wildman–Crippen MR) is 75.7 cm³/mol. The zero-order chi connectivity index (χ0) is 15.0. The lowest BCUT2D eigenvalue weighted by atomic mass is 9.92. The zero-order valence-corrected chi connectivity index (χ0v) is 12.7. The molecule has 1 aromatic carbocycles. The Bertz CT molecular complexity index is 486. The number of methoxy groups -OCH3 is 1. The SMILES string of the molecule is CCC1(c2ccc(OC)cc2)OC1C(=O)OC(C)(C)C. The van der Waals surface area contributed by atoms with Gasteiger partial charge in [-0.05, 0) is 44.9 Å². The van der Waals surface area contributed by atoms with Gasteiger partial charge < -0.3 is 14.2 Å².